The van der Waals surface area contributed by atoms with Crippen LogP contribution in [0.15, 0.2) is 18.2 Å². The molecule has 0 aromatic heterocycles. The second-order valence-corrected chi connectivity index (χ2v) is 3.29. The second kappa shape index (κ2) is 4.16. The molecule has 1 aromatic carbocycles. The van der Waals surface area contributed by atoms with E-state index in [2.05, 4.69) is 0 Å². The molecule has 0 radical (unpaired) electrons. The molecule has 1 fully saturated rings. The summed E-state index contributed by atoms with van der Waals surface area (Å²) in [5.41, 5.74) is -0.287. The maximum absolute atomic E-state index is 10.7. The smallest absolute Gasteiger partial charge is 0.290 e. The molecule has 0 spiro atoms. The van der Waals surface area contributed by atoms with Crippen LogP contribution in [-0.2, 0) is 4.74 Å². The number of epoxide rings is 1. The highest BCUT2D eigenvalue weighted by atomic mass is 16.6. The van der Waals surface area contributed by atoms with Crippen molar-refractivity contribution < 1.29 is 14.4 Å². The van der Waals surface area contributed by atoms with Gasteiger partial charge in [-0.1, -0.05) is 6.07 Å². The third kappa shape index (κ3) is 2.10. The molecule has 1 atom stereocenters. The average molecular weight is 220 g/mol. The van der Waals surface area contributed by atoms with Gasteiger partial charge in [-0.2, -0.15) is 5.26 Å². The summed E-state index contributed by atoms with van der Waals surface area (Å²) in [6.07, 6.45) is 0.0470. The van der Waals surface area contributed by atoms with E-state index in [4.69, 9.17) is 14.7 Å². The third-order valence-electron chi connectivity index (χ3n) is 2.14. The first-order valence-electron chi connectivity index (χ1n) is 4.64. The van der Waals surface area contributed by atoms with Gasteiger partial charge in [0.2, 0.25) is 0 Å². The lowest BCUT2D eigenvalue weighted by atomic mass is 10.2. The molecule has 1 heterocycles. The van der Waals surface area contributed by atoms with Crippen molar-refractivity contribution in [3.05, 3.63) is 33.9 Å². The predicted molar refractivity (Wildman–Crippen MR) is 53.0 cm³/mol. The van der Waals surface area contributed by atoms with E-state index in [-0.39, 0.29) is 23.1 Å². The number of nitrogens with zero attached hydrogens (tertiary/aromatic N) is 2. The molecule has 6 heteroatoms. The van der Waals surface area contributed by atoms with Crippen LogP contribution in [-0.4, -0.2) is 24.2 Å². The molecular weight excluding hydrogens is 212 g/mol. The van der Waals surface area contributed by atoms with Gasteiger partial charge in [-0.25, -0.2) is 0 Å². The molecule has 0 bridgehead atoms. The van der Waals surface area contributed by atoms with E-state index in [1.54, 1.807) is 6.07 Å². The van der Waals surface area contributed by atoms with E-state index in [9.17, 15) is 10.1 Å². The van der Waals surface area contributed by atoms with Crippen LogP contribution < -0.4 is 4.74 Å². The van der Waals surface area contributed by atoms with E-state index < -0.39 is 4.92 Å². The van der Waals surface area contributed by atoms with Crippen molar-refractivity contribution in [1.29, 1.82) is 5.26 Å². The van der Waals surface area contributed by atoms with E-state index in [0.29, 0.717) is 13.2 Å². The van der Waals surface area contributed by atoms with Gasteiger partial charge in [0.15, 0.2) is 5.56 Å². The standard InChI is InChI=1S/C10H8N2O4/c11-4-8-9(12(13)14)2-1-3-10(8)16-6-7-5-15-7/h1-3,7H,5-6H2. The molecule has 0 N–H and O–H groups in total. The number of hydrogen-bond donors (Lipinski definition) is 0. The summed E-state index contributed by atoms with van der Waals surface area (Å²) in [7, 11) is 0. The molecule has 16 heavy (non-hydrogen) atoms. The van der Waals surface area contributed by atoms with Crippen LogP contribution in [0.4, 0.5) is 5.69 Å². The van der Waals surface area contributed by atoms with Crippen molar-refractivity contribution in [2.75, 3.05) is 13.2 Å². The van der Waals surface area contributed by atoms with E-state index in [0.717, 1.165) is 0 Å². The van der Waals surface area contributed by atoms with Crippen LogP contribution in [0, 0.1) is 21.4 Å². The Morgan fingerprint density at radius 2 is 2.44 bits per heavy atom. The van der Waals surface area contributed by atoms with Crippen LogP contribution in [0.3, 0.4) is 0 Å². The molecular formula is C10H8N2O4. The molecule has 1 aromatic rings. The Morgan fingerprint density at radius 1 is 1.69 bits per heavy atom. The zero-order chi connectivity index (χ0) is 11.5. The minimum atomic E-state index is -0.598. The first-order chi connectivity index (χ1) is 7.72. The second-order valence-electron chi connectivity index (χ2n) is 3.29. The molecule has 1 aliphatic rings. The zero-order valence-corrected chi connectivity index (χ0v) is 8.25. The molecule has 0 saturated carbocycles. The summed E-state index contributed by atoms with van der Waals surface area (Å²) in [4.78, 5) is 10.1. The maximum Gasteiger partial charge on any atom is 0.290 e. The number of ether oxygens (including phenoxy) is 2. The number of benzene rings is 1. The first kappa shape index (κ1) is 10.4. The lowest BCUT2D eigenvalue weighted by Crippen LogP contribution is -2.06. The van der Waals surface area contributed by atoms with Crippen LogP contribution in [0.5, 0.6) is 5.75 Å². The molecule has 82 valence electrons. The topological polar surface area (TPSA) is 88.7 Å². The first-order valence-corrected chi connectivity index (χ1v) is 4.64. The molecule has 1 aliphatic heterocycles. The van der Waals surface area contributed by atoms with Gasteiger partial charge in [0.25, 0.3) is 5.69 Å². The average Bonchev–Trinajstić information content (AvgIpc) is 3.09. The fourth-order valence-corrected chi connectivity index (χ4v) is 1.25. The van der Waals surface area contributed by atoms with Gasteiger partial charge >= 0.3 is 0 Å². The Hall–Kier alpha value is -2.13. The summed E-state index contributed by atoms with van der Waals surface area (Å²) < 4.78 is 10.2. The number of hydrogen-bond acceptors (Lipinski definition) is 5. The highest BCUT2D eigenvalue weighted by molar-refractivity contribution is 5.56. The number of nitriles is 1. The van der Waals surface area contributed by atoms with Crippen molar-refractivity contribution in [1.82, 2.24) is 0 Å². The minimum Gasteiger partial charge on any atom is -0.489 e. The molecule has 0 aliphatic carbocycles. The van der Waals surface area contributed by atoms with E-state index >= 15 is 0 Å². The van der Waals surface area contributed by atoms with Crippen molar-refractivity contribution in [3.63, 3.8) is 0 Å². The van der Waals surface area contributed by atoms with Gasteiger partial charge in [-0.05, 0) is 6.07 Å². The van der Waals surface area contributed by atoms with Gasteiger partial charge in [0.05, 0.1) is 11.5 Å². The van der Waals surface area contributed by atoms with Crippen molar-refractivity contribution >= 4 is 5.69 Å². The lowest BCUT2D eigenvalue weighted by Gasteiger charge is -2.05. The molecule has 2 rings (SSSR count). The summed E-state index contributed by atoms with van der Waals surface area (Å²) in [5, 5.41) is 19.5. The van der Waals surface area contributed by atoms with Crippen molar-refractivity contribution in [3.8, 4) is 11.8 Å². The van der Waals surface area contributed by atoms with Gasteiger partial charge < -0.3 is 9.47 Å². The van der Waals surface area contributed by atoms with Crippen LogP contribution >= 0.6 is 0 Å². The Balaban J connectivity index is 2.25. The summed E-state index contributed by atoms with van der Waals surface area (Å²) in [5.74, 6) is 0.229. The van der Waals surface area contributed by atoms with E-state index in [1.165, 1.54) is 18.2 Å². The highest BCUT2D eigenvalue weighted by Gasteiger charge is 2.25. The fourth-order valence-electron chi connectivity index (χ4n) is 1.25. The molecule has 1 unspecified atom stereocenters. The Labute approximate surface area is 91.2 Å². The lowest BCUT2D eigenvalue weighted by molar-refractivity contribution is -0.385. The third-order valence-corrected chi connectivity index (χ3v) is 2.14. The zero-order valence-electron chi connectivity index (χ0n) is 8.25. The van der Waals surface area contributed by atoms with Crippen LogP contribution in [0.2, 0.25) is 0 Å². The number of nitro benzene ring substituents is 1. The normalized spacial score (nSPS) is 17.6. The number of nitro groups is 1. The highest BCUT2D eigenvalue weighted by Crippen LogP contribution is 2.27. The summed E-state index contributed by atoms with van der Waals surface area (Å²) >= 11 is 0. The monoisotopic (exact) mass is 220 g/mol. The SMILES string of the molecule is N#Cc1c(OCC2CO2)cccc1[N+](=O)[O-]. The minimum absolute atomic E-state index is 0.0470. The van der Waals surface area contributed by atoms with Gasteiger partial charge in [0, 0.05) is 6.07 Å². The Kier molecular flexibility index (Phi) is 2.70. The van der Waals surface area contributed by atoms with Crippen molar-refractivity contribution in [2.45, 2.75) is 6.10 Å². The summed E-state index contributed by atoms with van der Waals surface area (Å²) in [6.45, 7) is 0.951. The van der Waals surface area contributed by atoms with E-state index in [1.807, 2.05) is 0 Å². The Bertz CT molecular complexity index is 462. The largest absolute Gasteiger partial charge is 0.489 e. The quantitative estimate of drug-likeness (QED) is 0.432. The molecule has 0 amide bonds. The van der Waals surface area contributed by atoms with Crippen molar-refractivity contribution in [2.24, 2.45) is 0 Å². The Morgan fingerprint density at radius 3 is 3.00 bits per heavy atom. The maximum atomic E-state index is 10.7. The van der Waals surface area contributed by atoms with Gasteiger partial charge in [0.1, 0.15) is 24.5 Å². The summed E-state index contributed by atoms with van der Waals surface area (Å²) in [6, 6.07) is 6.08. The number of rotatable bonds is 4. The predicted octanol–water partition coefficient (Wildman–Crippen LogP) is 1.24. The van der Waals surface area contributed by atoms with Crippen LogP contribution in [0.1, 0.15) is 5.56 Å². The molecule has 1 saturated heterocycles. The van der Waals surface area contributed by atoms with Gasteiger partial charge in [-0.3, -0.25) is 10.1 Å². The van der Waals surface area contributed by atoms with Crippen LogP contribution in [0.25, 0.3) is 0 Å². The van der Waals surface area contributed by atoms with Gasteiger partial charge in [-0.15, -0.1) is 0 Å². The fraction of sp³-hybridized carbons (Fsp3) is 0.300. The molecule has 6 nitrogen and oxygen atoms in total.